The minimum Gasteiger partial charge on any atom is -0.368 e. The molecule has 0 aliphatic carbocycles. The van der Waals surface area contributed by atoms with Crippen molar-refractivity contribution in [3.05, 3.63) is 0 Å². The molecule has 0 aromatic heterocycles. The van der Waals surface area contributed by atoms with E-state index in [0.717, 1.165) is 39.0 Å². The zero-order valence-corrected chi connectivity index (χ0v) is 12.2. The predicted octanol–water partition coefficient (Wildman–Crippen LogP) is 1.35. The number of rotatable bonds is 7. The van der Waals surface area contributed by atoms with Gasteiger partial charge in [-0.05, 0) is 50.7 Å². The molecule has 1 saturated heterocycles. The normalized spacial score (nSPS) is 21.7. The zero-order chi connectivity index (χ0) is 13.6. The number of carbonyl (C=O) groups is 1. The molecule has 0 radical (unpaired) electrons. The number of hydrogen-bond donors (Lipinski definition) is 2. The maximum absolute atomic E-state index is 11.3. The maximum Gasteiger partial charge on any atom is 0.234 e. The smallest absolute Gasteiger partial charge is 0.234 e. The number of amides is 1. The van der Waals surface area contributed by atoms with Gasteiger partial charge in [-0.2, -0.15) is 0 Å². The summed E-state index contributed by atoms with van der Waals surface area (Å²) < 4.78 is 0. The Labute approximate surface area is 111 Å². The molecular weight excluding hydrogens is 226 g/mol. The van der Waals surface area contributed by atoms with Crippen LogP contribution in [0.25, 0.3) is 0 Å². The van der Waals surface area contributed by atoms with Gasteiger partial charge in [-0.3, -0.25) is 4.79 Å². The highest BCUT2D eigenvalue weighted by molar-refractivity contribution is 5.79. The van der Waals surface area contributed by atoms with Crippen molar-refractivity contribution in [2.24, 2.45) is 11.1 Å². The number of primary amides is 1. The summed E-state index contributed by atoms with van der Waals surface area (Å²) in [5.74, 6) is -0.221. The lowest BCUT2D eigenvalue weighted by Crippen LogP contribution is -2.45. The van der Waals surface area contributed by atoms with Crippen LogP contribution in [0.3, 0.4) is 0 Å². The first-order valence-electron chi connectivity index (χ1n) is 7.19. The van der Waals surface area contributed by atoms with Gasteiger partial charge in [0, 0.05) is 6.54 Å². The summed E-state index contributed by atoms with van der Waals surface area (Å²) in [7, 11) is 0. The average Bonchev–Trinajstić information content (AvgIpc) is 2.30. The second-order valence-electron chi connectivity index (χ2n) is 6.20. The Morgan fingerprint density at radius 3 is 2.50 bits per heavy atom. The van der Waals surface area contributed by atoms with E-state index in [0.29, 0.717) is 5.41 Å². The second-order valence-corrected chi connectivity index (χ2v) is 6.20. The molecule has 106 valence electrons. The van der Waals surface area contributed by atoms with E-state index < -0.39 is 0 Å². The molecule has 0 bridgehead atoms. The first kappa shape index (κ1) is 15.4. The summed E-state index contributed by atoms with van der Waals surface area (Å²) in [5.41, 5.74) is 5.90. The molecule has 0 saturated carbocycles. The SMILES string of the molecule is CCCNC(CCN1CCC(C)(C)CC1)C(N)=O. The van der Waals surface area contributed by atoms with Crippen molar-refractivity contribution in [2.75, 3.05) is 26.2 Å². The second kappa shape index (κ2) is 7.10. The van der Waals surface area contributed by atoms with Crippen LogP contribution in [-0.4, -0.2) is 43.0 Å². The lowest BCUT2D eigenvalue weighted by atomic mass is 9.82. The highest BCUT2D eigenvalue weighted by Gasteiger charge is 2.25. The Morgan fingerprint density at radius 2 is 2.00 bits per heavy atom. The molecule has 4 heteroatoms. The van der Waals surface area contributed by atoms with E-state index >= 15 is 0 Å². The van der Waals surface area contributed by atoms with E-state index in [1.165, 1.54) is 12.8 Å². The highest BCUT2D eigenvalue weighted by Crippen LogP contribution is 2.29. The number of nitrogens with one attached hydrogen (secondary N) is 1. The van der Waals surface area contributed by atoms with Crippen molar-refractivity contribution >= 4 is 5.91 Å². The van der Waals surface area contributed by atoms with E-state index in [1.807, 2.05) is 0 Å². The van der Waals surface area contributed by atoms with Crippen LogP contribution < -0.4 is 11.1 Å². The Bertz CT molecular complexity index is 256. The molecular formula is C14H29N3O. The fourth-order valence-corrected chi connectivity index (χ4v) is 2.36. The fourth-order valence-electron chi connectivity index (χ4n) is 2.36. The Balaban J connectivity index is 2.28. The van der Waals surface area contributed by atoms with Crippen LogP contribution >= 0.6 is 0 Å². The van der Waals surface area contributed by atoms with Crippen LogP contribution in [0.15, 0.2) is 0 Å². The third-order valence-corrected chi connectivity index (χ3v) is 3.93. The lowest BCUT2D eigenvalue weighted by molar-refractivity contribution is -0.120. The van der Waals surface area contributed by atoms with Crippen LogP contribution in [0.5, 0.6) is 0 Å². The van der Waals surface area contributed by atoms with Crippen LogP contribution in [0.4, 0.5) is 0 Å². The van der Waals surface area contributed by atoms with Gasteiger partial charge in [0.05, 0.1) is 6.04 Å². The monoisotopic (exact) mass is 255 g/mol. The molecule has 1 rings (SSSR count). The summed E-state index contributed by atoms with van der Waals surface area (Å²) in [6.45, 7) is 10.9. The standard InChI is InChI=1S/C14H29N3O/c1-4-8-16-12(13(15)18)5-9-17-10-6-14(2,3)7-11-17/h12,16H,4-11H2,1-3H3,(H2,15,18). The number of piperidine rings is 1. The number of nitrogens with two attached hydrogens (primary N) is 1. The number of hydrogen-bond acceptors (Lipinski definition) is 3. The molecule has 1 aliphatic heterocycles. The van der Waals surface area contributed by atoms with Crippen molar-refractivity contribution in [1.82, 2.24) is 10.2 Å². The molecule has 4 nitrogen and oxygen atoms in total. The molecule has 0 aromatic carbocycles. The Hall–Kier alpha value is -0.610. The Morgan fingerprint density at radius 1 is 1.39 bits per heavy atom. The first-order valence-corrected chi connectivity index (χ1v) is 7.19. The summed E-state index contributed by atoms with van der Waals surface area (Å²) in [5, 5.41) is 3.22. The molecule has 0 spiro atoms. The Kier molecular flexibility index (Phi) is 6.09. The highest BCUT2D eigenvalue weighted by atomic mass is 16.1. The van der Waals surface area contributed by atoms with E-state index in [9.17, 15) is 4.79 Å². The quantitative estimate of drug-likeness (QED) is 0.722. The molecule has 1 atom stereocenters. The molecule has 18 heavy (non-hydrogen) atoms. The van der Waals surface area contributed by atoms with E-state index in [-0.39, 0.29) is 11.9 Å². The summed E-state index contributed by atoms with van der Waals surface area (Å²) in [6.07, 6.45) is 4.35. The van der Waals surface area contributed by atoms with Gasteiger partial charge in [0.2, 0.25) is 5.91 Å². The fraction of sp³-hybridized carbons (Fsp3) is 0.929. The first-order chi connectivity index (χ1) is 8.44. The summed E-state index contributed by atoms with van der Waals surface area (Å²) >= 11 is 0. The van der Waals surface area contributed by atoms with Crippen molar-refractivity contribution in [3.8, 4) is 0 Å². The molecule has 0 aromatic rings. The summed E-state index contributed by atoms with van der Waals surface area (Å²) in [6, 6.07) is -0.167. The van der Waals surface area contributed by atoms with E-state index in [4.69, 9.17) is 5.73 Å². The third kappa shape index (κ3) is 5.36. The van der Waals surface area contributed by atoms with Gasteiger partial charge in [-0.1, -0.05) is 20.8 Å². The molecule has 1 aliphatic rings. The maximum atomic E-state index is 11.3. The topological polar surface area (TPSA) is 58.4 Å². The third-order valence-electron chi connectivity index (χ3n) is 3.93. The number of likely N-dealkylation sites (tertiary alicyclic amines) is 1. The molecule has 3 N–H and O–H groups in total. The minimum atomic E-state index is -0.221. The minimum absolute atomic E-state index is 0.167. The molecule has 1 unspecified atom stereocenters. The zero-order valence-electron chi connectivity index (χ0n) is 12.2. The summed E-state index contributed by atoms with van der Waals surface area (Å²) in [4.78, 5) is 13.8. The largest absolute Gasteiger partial charge is 0.368 e. The van der Waals surface area contributed by atoms with Crippen LogP contribution in [0.1, 0.15) is 46.5 Å². The lowest BCUT2D eigenvalue weighted by Gasteiger charge is -2.37. The molecule has 1 amide bonds. The van der Waals surface area contributed by atoms with Crippen LogP contribution in [0.2, 0.25) is 0 Å². The van der Waals surface area contributed by atoms with Gasteiger partial charge in [-0.15, -0.1) is 0 Å². The van der Waals surface area contributed by atoms with Crippen LogP contribution in [0, 0.1) is 5.41 Å². The van der Waals surface area contributed by atoms with Gasteiger partial charge in [0.25, 0.3) is 0 Å². The molecule has 1 heterocycles. The van der Waals surface area contributed by atoms with Gasteiger partial charge in [-0.25, -0.2) is 0 Å². The van der Waals surface area contributed by atoms with Crippen LogP contribution in [-0.2, 0) is 4.79 Å². The predicted molar refractivity (Wildman–Crippen MR) is 75.3 cm³/mol. The van der Waals surface area contributed by atoms with Gasteiger partial charge in [0.15, 0.2) is 0 Å². The van der Waals surface area contributed by atoms with Crippen molar-refractivity contribution < 1.29 is 4.79 Å². The van der Waals surface area contributed by atoms with Crippen molar-refractivity contribution in [2.45, 2.75) is 52.5 Å². The number of nitrogens with zero attached hydrogens (tertiary/aromatic N) is 1. The number of carbonyl (C=O) groups excluding carboxylic acids is 1. The van der Waals surface area contributed by atoms with Crippen molar-refractivity contribution in [3.63, 3.8) is 0 Å². The van der Waals surface area contributed by atoms with Gasteiger partial charge >= 0.3 is 0 Å². The molecule has 1 fully saturated rings. The van der Waals surface area contributed by atoms with Gasteiger partial charge in [0.1, 0.15) is 0 Å². The van der Waals surface area contributed by atoms with E-state index in [2.05, 4.69) is 31.0 Å². The van der Waals surface area contributed by atoms with E-state index in [1.54, 1.807) is 0 Å². The van der Waals surface area contributed by atoms with Gasteiger partial charge < -0.3 is 16.0 Å². The average molecular weight is 255 g/mol. The van der Waals surface area contributed by atoms with Crippen molar-refractivity contribution in [1.29, 1.82) is 0 Å².